The molecule has 7 nitrogen and oxygen atoms in total. The molecular weight excluding hydrogens is 374 g/mol. The third-order valence-electron chi connectivity index (χ3n) is 4.21. The van der Waals surface area contributed by atoms with E-state index in [0.29, 0.717) is 22.8 Å². The third kappa shape index (κ3) is 6.14. The van der Waals surface area contributed by atoms with Gasteiger partial charge in [-0.3, -0.25) is 9.59 Å². The van der Waals surface area contributed by atoms with E-state index >= 15 is 0 Å². The second kappa shape index (κ2) is 10.4. The number of ether oxygens (including phenoxy) is 4. The normalized spacial score (nSPS) is 11.5. The lowest BCUT2D eigenvalue weighted by atomic mass is 10.0. The van der Waals surface area contributed by atoms with E-state index in [1.807, 2.05) is 0 Å². The fourth-order valence-electron chi connectivity index (χ4n) is 2.79. The first-order chi connectivity index (χ1) is 13.9. The van der Waals surface area contributed by atoms with Crippen molar-refractivity contribution in [3.63, 3.8) is 0 Å². The van der Waals surface area contributed by atoms with Gasteiger partial charge in [0.05, 0.1) is 45.5 Å². The lowest BCUT2D eigenvalue weighted by Crippen LogP contribution is -2.31. The van der Waals surface area contributed by atoms with Gasteiger partial charge in [0.25, 0.3) is 5.91 Å². The summed E-state index contributed by atoms with van der Waals surface area (Å²) in [5.74, 6) is 0.858. The highest BCUT2D eigenvalue weighted by molar-refractivity contribution is 5.97. The van der Waals surface area contributed by atoms with Crippen LogP contribution < -0.4 is 19.5 Å². The number of hydrogen-bond donors (Lipinski definition) is 1. The summed E-state index contributed by atoms with van der Waals surface area (Å²) in [5, 5.41) is 2.90. The summed E-state index contributed by atoms with van der Waals surface area (Å²) in [6, 6.07) is 11.5. The minimum Gasteiger partial charge on any atom is -0.497 e. The predicted molar refractivity (Wildman–Crippen MR) is 109 cm³/mol. The maximum absolute atomic E-state index is 12.9. The van der Waals surface area contributed by atoms with Crippen molar-refractivity contribution < 1.29 is 28.5 Å². The van der Waals surface area contributed by atoms with Crippen molar-refractivity contribution in [2.45, 2.75) is 32.4 Å². The molecule has 1 unspecified atom stereocenters. The number of methoxy groups -OCH3 is 3. The molecule has 2 rings (SSSR count). The van der Waals surface area contributed by atoms with Crippen LogP contribution in [0.5, 0.6) is 17.2 Å². The summed E-state index contributed by atoms with van der Waals surface area (Å²) in [6.45, 7) is 3.56. The second-order valence-electron chi connectivity index (χ2n) is 6.61. The first-order valence-corrected chi connectivity index (χ1v) is 9.24. The van der Waals surface area contributed by atoms with E-state index in [1.54, 1.807) is 63.4 Å². The van der Waals surface area contributed by atoms with Gasteiger partial charge in [0.2, 0.25) is 0 Å². The molecule has 1 N–H and O–H groups in total. The number of rotatable bonds is 9. The van der Waals surface area contributed by atoms with Crippen LogP contribution in [0.3, 0.4) is 0 Å². The van der Waals surface area contributed by atoms with Crippen LogP contribution in [0.15, 0.2) is 42.5 Å². The van der Waals surface area contributed by atoms with Gasteiger partial charge >= 0.3 is 5.97 Å². The van der Waals surface area contributed by atoms with Crippen molar-refractivity contribution in [2.75, 3.05) is 21.3 Å². The van der Waals surface area contributed by atoms with Crippen molar-refractivity contribution >= 4 is 11.9 Å². The van der Waals surface area contributed by atoms with Gasteiger partial charge in [-0.15, -0.1) is 0 Å². The quantitative estimate of drug-likeness (QED) is 0.648. The molecule has 0 spiro atoms. The summed E-state index contributed by atoms with van der Waals surface area (Å²) in [4.78, 5) is 25.2. The third-order valence-corrected chi connectivity index (χ3v) is 4.21. The number of carbonyl (C=O) groups is 2. The van der Waals surface area contributed by atoms with Crippen LogP contribution in [-0.4, -0.2) is 39.3 Å². The predicted octanol–water partition coefficient (Wildman–Crippen LogP) is 3.53. The highest BCUT2D eigenvalue weighted by atomic mass is 16.5. The monoisotopic (exact) mass is 401 g/mol. The Hall–Kier alpha value is -3.22. The Balaban J connectivity index is 2.28. The maximum Gasteiger partial charge on any atom is 0.308 e. The molecule has 0 aromatic heterocycles. The number of carbonyl (C=O) groups excluding carboxylic acids is 2. The number of hydrogen-bond acceptors (Lipinski definition) is 6. The van der Waals surface area contributed by atoms with Gasteiger partial charge in [0.1, 0.15) is 17.2 Å². The van der Waals surface area contributed by atoms with Crippen LogP contribution in [0.2, 0.25) is 0 Å². The van der Waals surface area contributed by atoms with Gasteiger partial charge < -0.3 is 24.3 Å². The van der Waals surface area contributed by atoms with Crippen LogP contribution in [0, 0.1) is 0 Å². The Labute approximate surface area is 170 Å². The van der Waals surface area contributed by atoms with Crippen LogP contribution in [0.25, 0.3) is 0 Å². The average molecular weight is 401 g/mol. The summed E-state index contributed by atoms with van der Waals surface area (Å²) in [6.07, 6.45) is -0.245. The first kappa shape index (κ1) is 22.1. The van der Waals surface area contributed by atoms with E-state index < -0.39 is 12.0 Å². The van der Waals surface area contributed by atoms with Crippen LogP contribution in [-0.2, 0) is 9.53 Å². The standard InChI is InChI=1S/C22H27NO6/c1-14(2)29-21(24)13-19(15-6-8-16(26-3)9-7-15)23-22(25)18-11-10-17(27-4)12-20(18)28-5/h6-12,14,19H,13H2,1-5H3,(H,23,25). The fraction of sp³-hybridized carbons (Fsp3) is 0.364. The minimum atomic E-state index is -0.577. The lowest BCUT2D eigenvalue weighted by Gasteiger charge is -2.20. The summed E-state index contributed by atoms with van der Waals surface area (Å²) in [5.41, 5.74) is 1.09. The van der Waals surface area contributed by atoms with Crippen molar-refractivity contribution in [2.24, 2.45) is 0 Å². The zero-order valence-electron chi connectivity index (χ0n) is 17.4. The molecule has 0 radical (unpaired) electrons. The van der Waals surface area contributed by atoms with Gasteiger partial charge in [-0.25, -0.2) is 0 Å². The fourth-order valence-corrected chi connectivity index (χ4v) is 2.79. The van der Waals surface area contributed by atoms with E-state index in [2.05, 4.69) is 5.32 Å². The number of nitrogens with one attached hydrogen (secondary N) is 1. The van der Waals surface area contributed by atoms with Gasteiger partial charge in [0.15, 0.2) is 0 Å². The topological polar surface area (TPSA) is 83.1 Å². The van der Waals surface area contributed by atoms with E-state index in [4.69, 9.17) is 18.9 Å². The molecule has 2 aromatic rings. The molecular formula is C22H27NO6. The van der Waals surface area contributed by atoms with Crippen molar-refractivity contribution in [1.29, 1.82) is 0 Å². The Morgan fingerprint density at radius 2 is 1.52 bits per heavy atom. The molecule has 0 bridgehead atoms. The maximum atomic E-state index is 12.9. The molecule has 0 aliphatic carbocycles. The first-order valence-electron chi connectivity index (χ1n) is 9.24. The summed E-state index contributed by atoms with van der Waals surface area (Å²) >= 11 is 0. The average Bonchev–Trinajstić information content (AvgIpc) is 2.72. The van der Waals surface area contributed by atoms with E-state index in [9.17, 15) is 9.59 Å². The van der Waals surface area contributed by atoms with Crippen LogP contribution in [0.4, 0.5) is 0 Å². The Bertz CT molecular complexity index is 832. The molecule has 2 aromatic carbocycles. The van der Waals surface area contributed by atoms with Crippen LogP contribution >= 0.6 is 0 Å². The van der Waals surface area contributed by atoms with Gasteiger partial charge in [0, 0.05) is 6.07 Å². The molecule has 0 heterocycles. The zero-order chi connectivity index (χ0) is 21.4. The number of esters is 1. The van der Waals surface area contributed by atoms with Crippen molar-refractivity contribution in [1.82, 2.24) is 5.32 Å². The molecule has 1 amide bonds. The number of benzene rings is 2. The highest BCUT2D eigenvalue weighted by Crippen LogP contribution is 2.27. The largest absolute Gasteiger partial charge is 0.497 e. The van der Waals surface area contributed by atoms with Gasteiger partial charge in [-0.2, -0.15) is 0 Å². The molecule has 0 aliphatic heterocycles. The number of amides is 1. The zero-order valence-corrected chi connectivity index (χ0v) is 17.4. The highest BCUT2D eigenvalue weighted by Gasteiger charge is 2.23. The van der Waals surface area contributed by atoms with E-state index in [0.717, 1.165) is 5.56 Å². The molecule has 0 fully saturated rings. The minimum absolute atomic E-state index is 0.00524. The van der Waals surface area contributed by atoms with Gasteiger partial charge in [-0.1, -0.05) is 12.1 Å². The van der Waals surface area contributed by atoms with E-state index in [-0.39, 0.29) is 18.4 Å². The van der Waals surface area contributed by atoms with Crippen LogP contribution in [0.1, 0.15) is 42.2 Å². The van der Waals surface area contributed by atoms with Gasteiger partial charge in [-0.05, 0) is 43.7 Å². The Morgan fingerprint density at radius 1 is 0.897 bits per heavy atom. The molecule has 0 saturated carbocycles. The lowest BCUT2D eigenvalue weighted by molar-refractivity contribution is -0.147. The molecule has 0 aliphatic rings. The Morgan fingerprint density at radius 3 is 2.07 bits per heavy atom. The molecule has 7 heteroatoms. The van der Waals surface area contributed by atoms with Crippen molar-refractivity contribution in [3.8, 4) is 17.2 Å². The second-order valence-corrected chi connectivity index (χ2v) is 6.61. The van der Waals surface area contributed by atoms with Crippen molar-refractivity contribution in [3.05, 3.63) is 53.6 Å². The van der Waals surface area contributed by atoms with E-state index in [1.165, 1.54) is 14.2 Å². The Kier molecular flexibility index (Phi) is 7.88. The SMILES string of the molecule is COc1ccc(C(CC(=O)OC(C)C)NC(=O)c2ccc(OC)cc2OC)cc1. The summed E-state index contributed by atoms with van der Waals surface area (Å²) in [7, 11) is 4.59. The molecule has 156 valence electrons. The molecule has 1 atom stereocenters. The molecule has 0 saturated heterocycles. The summed E-state index contributed by atoms with van der Waals surface area (Å²) < 4.78 is 20.9. The smallest absolute Gasteiger partial charge is 0.308 e. The molecule has 29 heavy (non-hydrogen) atoms.